The molecule has 4 nitrogen and oxygen atoms in total. The Bertz CT molecular complexity index is 605. The number of ether oxygens (including phenoxy) is 1. The summed E-state index contributed by atoms with van der Waals surface area (Å²) in [5, 5.41) is 3.12. The second kappa shape index (κ2) is 7.95. The van der Waals surface area contributed by atoms with Crippen LogP contribution < -0.4 is 5.32 Å². The van der Waals surface area contributed by atoms with Gasteiger partial charge in [0.1, 0.15) is 11.6 Å². The molecule has 0 aliphatic heterocycles. The first kappa shape index (κ1) is 16.5. The number of methoxy groups -OCH3 is 1. The third kappa shape index (κ3) is 4.55. The number of thioether (sulfide) groups is 1. The highest BCUT2D eigenvalue weighted by Gasteiger charge is 2.11. The van der Waals surface area contributed by atoms with E-state index in [-0.39, 0.29) is 0 Å². The van der Waals surface area contributed by atoms with Crippen molar-refractivity contribution >= 4 is 40.2 Å². The Balaban J connectivity index is 2.15. The molecule has 1 heterocycles. The SMILES string of the molecule is CNc1nc(CSc2ccc(C)cc2)nc(COC)c1I. The quantitative estimate of drug-likeness (QED) is 0.574. The number of nitrogens with one attached hydrogen (secondary N) is 1. The molecular formula is C15H18IN3OS. The van der Waals surface area contributed by atoms with Gasteiger partial charge in [0, 0.05) is 19.1 Å². The fraction of sp³-hybridized carbons (Fsp3) is 0.333. The van der Waals surface area contributed by atoms with E-state index in [1.54, 1.807) is 18.9 Å². The third-order valence-corrected chi connectivity index (χ3v) is 5.01. The average molecular weight is 415 g/mol. The average Bonchev–Trinajstić information content (AvgIpc) is 2.49. The predicted octanol–water partition coefficient (Wildman–Crippen LogP) is 3.87. The molecule has 0 saturated carbocycles. The molecule has 0 saturated heterocycles. The molecule has 0 aliphatic carbocycles. The number of aryl methyl sites for hydroxylation is 1. The van der Waals surface area contributed by atoms with Gasteiger partial charge < -0.3 is 10.1 Å². The summed E-state index contributed by atoms with van der Waals surface area (Å²) in [6.07, 6.45) is 0. The minimum atomic E-state index is 0.498. The molecule has 2 aromatic rings. The van der Waals surface area contributed by atoms with Gasteiger partial charge in [-0.25, -0.2) is 9.97 Å². The summed E-state index contributed by atoms with van der Waals surface area (Å²) >= 11 is 3.99. The van der Waals surface area contributed by atoms with Crippen molar-refractivity contribution in [3.63, 3.8) is 0 Å². The first-order valence-corrected chi connectivity index (χ1v) is 8.62. The molecule has 1 aromatic carbocycles. The van der Waals surface area contributed by atoms with Crippen LogP contribution in [0, 0.1) is 10.5 Å². The number of halogens is 1. The van der Waals surface area contributed by atoms with Crippen LogP contribution >= 0.6 is 34.4 Å². The predicted molar refractivity (Wildman–Crippen MR) is 95.7 cm³/mol. The van der Waals surface area contributed by atoms with Crippen molar-refractivity contribution in [2.24, 2.45) is 0 Å². The maximum Gasteiger partial charge on any atom is 0.143 e. The summed E-state index contributed by atoms with van der Waals surface area (Å²) in [5.41, 5.74) is 2.20. The summed E-state index contributed by atoms with van der Waals surface area (Å²) in [6, 6.07) is 8.49. The summed E-state index contributed by atoms with van der Waals surface area (Å²) in [6.45, 7) is 2.59. The van der Waals surface area contributed by atoms with Crippen LogP contribution in [-0.2, 0) is 17.1 Å². The van der Waals surface area contributed by atoms with E-state index < -0.39 is 0 Å². The van der Waals surface area contributed by atoms with Crippen LogP contribution in [0.1, 0.15) is 17.1 Å². The molecule has 0 radical (unpaired) electrons. The topological polar surface area (TPSA) is 47.0 Å². The van der Waals surface area contributed by atoms with E-state index in [1.807, 2.05) is 7.05 Å². The maximum absolute atomic E-state index is 5.21. The van der Waals surface area contributed by atoms with Gasteiger partial charge in [-0.2, -0.15) is 0 Å². The van der Waals surface area contributed by atoms with Gasteiger partial charge in [0.2, 0.25) is 0 Å². The van der Waals surface area contributed by atoms with Crippen LogP contribution in [0.3, 0.4) is 0 Å². The van der Waals surface area contributed by atoms with E-state index in [9.17, 15) is 0 Å². The zero-order valence-electron chi connectivity index (χ0n) is 12.3. The lowest BCUT2D eigenvalue weighted by molar-refractivity contribution is 0.180. The summed E-state index contributed by atoms with van der Waals surface area (Å²) in [5.74, 6) is 2.42. The largest absolute Gasteiger partial charge is 0.378 e. The number of anilines is 1. The van der Waals surface area contributed by atoms with Crippen LogP contribution in [0.2, 0.25) is 0 Å². The molecule has 0 aliphatic rings. The highest BCUT2D eigenvalue weighted by atomic mass is 127. The molecule has 1 aromatic heterocycles. The second-order valence-corrected chi connectivity index (χ2v) is 6.66. The van der Waals surface area contributed by atoms with Gasteiger partial charge in [-0.1, -0.05) is 17.7 Å². The zero-order valence-corrected chi connectivity index (χ0v) is 15.3. The van der Waals surface area contributed by atoms with E-state index in [0.29, 0.717) is 6.61 Å². The number of benzene rings is 1. The molecule has 2 rings (SSSR count). The Labute approximate surface area is 143 Å². The first-order chi connectivity index (χ1) is 10.1. The minimum absolute atomic E-state index is 0.498. The van der Waals surface area contributed by atoms with Crippen molar-refractivity contribution in [2.45, 2.75) is 24.2 Å². The smallest absolute Gasteiger partial charge is 0.143 e. The molecule has 0 amide bonds. The lowest BCUT2D eigenvalue weighted by Crippen LogP contribution is -2.07. The fourth-order valence-corrected chi connectivity index (χ4v) is 3.21. The van der Waals surface area contributed by atoms with Gasteiger partial charge in [0.25, 0.3) is 0 Å². The molecule has 0 fully saturated rings. The fourth-order valence-electron chi connectivity index (χ4n) is 1.79. The molecule has 0 atom stereocenters. The van der Waals surface area contributed by atoms with Gasteiger partial charge >= 0.3 is 0 Å². The summed E-state index contributed by atoms with van der Waals surface area (Å²) < 4.78 is 6.22. The highest BCUT2D eigenvalue weighted by molar-refractivity contribution is 14.1. The number of hydrogen-bond acceptors (Lipinski definition) is 5. The Morgan fingerprint density at radius 3 is 2.57 bits per heavy atom. The summed E-state index contributed by atoms with van der Waals surface area (Å²) in [4.78, 5) is 10.4. The second-order valence-electron chi connectivity index (χ2n) is 4.53. The third-order valence-electron chi connectivity index (χ3n) is 2.87. The van der Waals surface area contributed by atoms with Crippen molar-refractivity contribution in [2.75, 3.05) is 19.5 Å². The maximum atomic E-state index is 5.21. The number of nitrogens with zero attached hydrogens (tertiary/aromatic N) is 2. The van der Waals surface area contributed by atoms with Crippen LogP contribution in [0.15, 0.2) is 29.2 Å². The van der Waals surface area contributed by atoms with Crippen molar-refractivity contribution in [1.29, 1.82) is 0 Å². The Morgan fingerprint density at radius 2 is 1.95 bits per heavy atom. The highest BCUT2D eigenvalue weighted by Crippen LogP contribution is 2.25. The molecule has 0 unspecified atom stereocenters. The Hall–Kier alpha value is -0.860. The summed E-state index contributed by atoms with van der Waals surface area (Å²) in [7, 11) is 3.55. The van der Waals surface area contributed by atoms with Gasteiger partial charge in [0.15, 0.2) is 0 Å². The molecular weight excluding hydrogens is 397 g/mol. The zero-order chi connectivity index (χ0) is 15.2. The number of rotatable bonds is 6. The van der Waals surface area contributed by atoms with E-state index in [4.69, 9.17) is 4.74 Å². The van der Waals surface area contributed by atoms with E-state index in [2.05, 4.69) is 69.1 Å². The molecule has 21 heavy (non-hydrogen) atoms. The minimum Gasteiger partial charge on any atom is -0.378 e. The van der Waals surface area contributed by atoms with Gasteiger partial charge in [0.05, 0.1) is 21.6 Å². The number of aromatic nitrogens is 2. The standard InChI is InChI=1S/C15H18IN3OS/c1-10-4-6-11(7-5-10)21-9-13-18-12(8-20-3)14(16)15(17-2)19-13/h4-7H,8-9H2,1-3H3,(H,17,18,19). The Kier molecular flexibility index (Phi) is 6.25. The van der Waals surface area contributed by atoms with Gasteiger partial charge in [-0.3, -0.25) is 0 Å². The van der Waals surface area contributed by atoms with Crippen LogP contribution in [0.25, 0.3) is 0 Å². The van der Waals surface area contributed by atoms with Crippen molar-refractivity contribution in [3.8, 4) is 0 Å². The first-order valence-electron chi connectivity index (χ1n) is 6.55. The van der Waals surface area contributed by atoms with E-state index >= 15 is 0 Å². The molecule has 112 valence electrons. The molecule has 0 bridgehead atoms. The Morgan fingerprint density at radius 1 is 1.24 bits per heavy atom. The molecule has 1 N–H and O–H groups in total. The van der Waals surface area contributed by atoms with Crippen LogP contribution in [-0.4, -0.2) is 24.1 Å². The van der Waals surface area contributed by atoms with Crippen molar-refractivity contribution in [3.05, 3.63) is 44.9 Å². The van der Waals surface area contributed by atoms with Crippen LogP contribution in [0.4, 0.5) is 5.82 Å². The molecule has 0 spiro atoms. The van der Waals surface area contributed by atoms with E-state index in [1.165, 1.54) is 10.5 Å². The monoisotopic (exact) mass is 415 g/mol. The number of hydrogen-bond donors (Lipinski definition) is 1. The normalized spacial score (nSPS) is 10.7. The van der Waals surface area contributed by atoms with Crippen molar-refractivity contribution in [1.82, 2.24) is 9.97 Å². The molecule has 6 heteroatoms. The van der Waals surface area contributed by atoms with Gasteiger partial charge in [-0.05, 0) is 41.6 Å². The van der Waals surface area contributed by atoms with Crippen molar-refractivity contribution < 1.29 is 4.74 Å². The lowest BCUT2D eigenvalue weighted by atomic mass is 10.2. The lowest BCUT2D eigenvalue weighted by Gasteiger charge is -2.10. The van der Waals surface area contributed by atoms with Crippen LogP contribution in [0.5, 0.6) is 0 Å². The van der Waals surface area contributed by atoms with Gasteiger partial charge in [-0.15, -0.1) is 11.8 Å². The van der Waals surface area contributed by atoms with E-state index in [0.717, 1.165) is 26.7 Å².